The Morgan fingerprint density at radius 3 is 2.48 bits per heavy atom. The van der Waals surface area contributed by atoms with Crippen molar-refractivity contribution in [3.8, 4) is 11.5 Å². The first-order chi connectivity index (χ1) is 12.9. The van der Waals surface area contributed by atoms with E-state index in [2.05, 4.69) is 29.3 Å². The van der Waals surface area contributed by atoms with Gasteiger partial charge in [0.05, 0.1) is 26.0 Å². The highest BCUT2D eigenvalue weighted by Gasteiger charge is 2.83. The predicted molar refractivity (Wildman–Crippen MR) is 95.7 cm³/mol. The third-order valence-corrected chi connectivity index (χ3v) is 8.38. The number of rotatable bonds is 1. The standard InChI is InChI=1S/C19H26N6O2/c1-16-7-8-19(26-9-10-27-19)17(2)11-18(16,17)6-5-12-13(24(3)21-14(12)16)15-20-23-25(4)22-15/h5-11H2,1-4H3/t16-,17-,18+/m1/s1. The molecule has 2 spiro atoms. The number of hydrogen-bond donors (Lipinski definition) is 0. The van der Waals surface area contributed by atoms with Crippen molar-refractivity contribution >= 4 is 0 Å². The number of tetrazole rings is 1. The molecule has 0 aromatic carbocycles. The van der Waals surface area contributed by atoms with E-state index in [1.54, 1.807) is 7.05 Å². The van der Waals surface area contributed by atoms with Crippen molar-refractivity contribution in [1.29, 1.82) is 0 Å². The van der Waals surface area contributed by atoms with E-state index in [0.29, 0.717) is 5.82 Å². The van der Waals surface area contributed by atoms with Gasteiger partial charge in [0.25, 0.3) is 0 Å². The summed E-state index contributed by atoms with van der Waals surface area (Å²) in [6.45, 7) is 6.24. The van der Waals surface area contributed by atoms with Crippen LogP contribution in [0.1, 0.15) is 50.8 Å². The van der Waals surface area contributed by atoms with Crippen LogP contribution < -0.4 is 0 Å². The molecule has 0 N–H and O–H groups in total. The first kappa shape index (κ1) is 16.2. The molecule has 1 aliphatic heterocycles. The topological polar surface area (TPSA) is 79.9 Å². The van der Waals surface area contributed by atoms with Crippen molar-refractivity contribution in [2.75, 3.05) is 13.2 Å². The van der Waals surface area contributed by atoms with Gasteiger partial charge >= 0.3 is 0 Å². The van der Waals surface area contributed by atoms with Gasteiger partial charge in [-0.25, -0.2) is 0 Å². The fourth-order valence-electron chi connectivity index (χ4n) is 6.94. The highest BCUT2D eigenvalue weighted by Crippen LogP contribution is 2.84. The Kier molecular flexibility index (Phi) is 2.76. The van der Waals surface area contributed by atoms with Crippen LogP contribution in [0, 0.1) is 10.8 Å². The van der Waals surface area contributed by atoms with Crippen molar-refractivity contribution < 1.29 is 9.47 Å². The molecule has 1 saturated heterocycles. The van der Waals surface area contributed by atoms with Gasteiger partial charge in [-0.3, -0.25) is 4.68 Å². The van der Waals surface area contributed by atoms with E-state index in [1.165, 1.54) is 16.1 Å². The third kappa shape index (κ3) is 1.61. The molecule has 8 nitrogen and oxygen atoms in total. The zero-order chi connectivity index (χ0) is 18.7. The number of ether oxygens (including phenoxy) is 2. The maximum absolute atomic E-state index is 6.24. The van der Waals surface area contributed by atoms with Crippen molar-refractivity contribution in [1.82, 2.24) is 30.0 Å². The Labute approximate surface area is 158 Å². The van der Waals surface area contributed by atoms with Crippen molar-refractivity contribution in [3.63, 3.8) is 0 Å². The molecular weight excluding hydrogens is 344 g/mol. The lowest BCUT2D eigenvalue weighted by molar-refractivity contribution is -0.239. The minimum Gasteiger partial charge on any atom is -0.347 e. The van der Waals surface area contributed by atoms with Crippen LogP contribution in [0.2, 0.25) is 0 Å². The van der Waals surface area contributed by atoms with Crippen LogP contribution in [0.25, 0.3) is 11.5 Å². The second-order valence-corrected chi connectivity index (χ2v) is 9.27. The first-order valence-electron chi connectivity index (χ1n) is 9.95. The van der Waals surface area contributed by atoms with Crippen LogP contribution in [0.5, 0.6) is 0 Å². The van der Waals surface area contributed by atoms with Crippen LogP contribution >= 0.6 is 0 Å². The number of hydrogen-bond acceptors (Lipinski definition) is 6. The molecule has 3 fully saturated rings. The fourth-order valence-corrected chi connectivity index (χ4v) is 6.94. The van der Waals surface area contributed by atoms with E-state index in [-0.39, 0.29) is 22.0 Å². The molecule has 2 aromatic heterocycles. The zero-order valence-corrected chi connectivity index (χ0v) is 16.4. The zero-order valence-electron chi connectivity index (χ0n) is 16.4. The molecule has 0 bridgehead atoms. The third-order valence-electron chi connectivity index (χ3n) is 8.38. The molecule has 0 unspecified atom stereocenters. The van der Waals surface area contributed by atoms with Crippen LogP contribution in [-0.4, -0.2) is 49.0 Å². The molecule has 0 radical (unpaired) electrons. The normalized spacial score (nSPS) is 38.5. The number of aryl methyl sites for hydroxylation is 2. The molecular formula is C19H26N6O2. The second-order valence-electron chi connectivity index (χ2n) is 9.27. The highest BCUT2D eigenvalue weighted by molar-refractivity contribution is 5.60. The summed E-state index contributed by atoms with van der Waals surface area (Å²) >= 11 is 0. The van der Waals surface area contributed by atoms with Crippen molar-refractivity contribution in [2.24, 2.45) is 24.9 Å². The van der Waals surface area contributed by atoms with Crippen LogP contribution in [0.3, 0.4) is 0 Å². The van der Waals surface area contributed by atoms with Gasteiger partial charge in [0.15, 0.2) is 5.79 Å². The Hall–Kier alpha value is -1.80. The van der Waals surface area contributed by atoms with Gasteiger partial charge in [0.2, 0.25) is 5.82 Å². The van der Waals surface area contributed by atoms with Crippen molar-refractivity contribution in [3.05, 3.63) is 11.3 Å². The Morgan fingerprint density at radius 1 is 1.00 bits per heavy atom. The van der Waals surface area contributed by atoms with E-state index < -0.39 is 0 Å². The maximum Gasteiger partial charge on any atom is 0.223 e. The minimum atomic E-state index is -0.381. The Morgan fingerprint density at radius 2 is 1.78 bits per heavy atom. The number of aromatic nitrogens is 6. The molecule has 3 aliphatic carbocycles. The van der Waals surface area contributed by atoms with Gasteiger partial charge in [0, 0.05) is 29.9 Å². The van der Waals surface area contributed by atoms with Crippen LogP contribution in [0.4, 0.5) is 0 Å². The molecule has 4 aliphatic rings. The molecule has 3 heterocycles. The smallest absolute Gasteiger partial charge is 0.223 e. The number of nitrogens with zero attached hydrogens (tertiary/aromatic N) is 6. The summed E-state index contributed by atoms with van der Waals surface area (Å²) in [5.74, 6) is 0.287. The molecule has 2 aromatic rings. The van der Waals surface area contributed by atoms with Gasteiger partial charge in [-0.1, -0.05) is 13.8 Å². The van der Waals surface area contributed by atoms with E-state index in [1.807, 2.05) is 11.7 Å². The van der Waals surface area contributed by atoms with E-state index in [4.69, 9.17) is 14.6 Å². The average molecular weight is 370 g/mol. The summed E-state index contributed by atoms with van der Waals surface area (Å²) in [5, 5.41) is 17.7. The van der Waals surface area contributed by atoms with Crippen LogP contribution in [-0.2, 0) is 35.4 Å². The summed E-state index contributed by atoms with van der Waals surface area (Å²) < 4.78 is 14.4. The lowest BCUT2D eigenvalue weighted by Crippen LogP contribution is -2.55. The van der Waals surface area contributed by atoms with Gasteiger partial charge in [-0.05, 0) is 36.3 Å². The summed E-state index contributed by atoms with van der Waals surface area (Å²) in [4.78, 5) is 1.51. The molecule has 27 heavy (non-hydrogen) atoms. The summed E-state index contributed by atoms with van der Waals surface area (Å²) in [6, 6.07) is 0. The van der Waals surface area contributed by atoms with Gasteiger partial charge in [-0.15, -0.1) is 10.2 Å². The largest absolute Gasteiger partial charge is 0.347 e. The lowest BCUT2D eigenvalue weighted by atomic mass is 9.54. The predicted octanol–water partition coefficient (Wildman–Crippen LogP) is 1.75. The molecule has 0 amide bonds. The lowest BCUT2D eigenvalue weighted by Gasteiger charge is -2.53. The Balaban J connectivity index is 1.49. The molecule has 6 rings (SSSR count). The summed E-state index contributed by atoms with van der Waals surface area (Å²) in [7, 11) is 3.80. The monoisotopic (exact) mass is 370 g/mol. The Bertz CT molecular complexity index is 960. The number of fused-ring (bicyclic) bond motifs is 3. The highest BCUT2D eigenvalue weighted by atomic mass is 16.7. The maximum atomic E-state index is 6.24. The van der Waals surface area contributed by atoms with Crippen molar-refractivity contribution in [2.45, 2.75) is 57.2 Å². The molecule has 144 valence electrons. The first-order valence-corrected chi connectivity index (χ1v) is 9.95. The average Bonchev–Trinajstić information content (AvgIpc) is 3.06. The molecule has 2 saturated carbocycles. The van der Waals surface area contributed by atoms with E-state index in [9.17, 15) is 0 Å². The quantitative estimate of drug-likeness (QED) is 0.761. The summed E-state index contributed by atoms with van der Waals surface area (Å²) in [6.07, 6.45) is 5.28. The molecule has 3 atom stereocenters. The SMILES string of the molecule is Cn1nnc(-c2c3c(nn2C)[C@@]2(C)CCC4(OCCO4)[C@]4(C)C[C@]42CC3)n1. The van der Waals surface area contributed by atoms with Gasteiger partial charge in [-0.2, -0.15) is 9.90 Å². The van der Waals surface area contributed by atoms with Gasteiger partial charge in [0.1, 0.15) is 5.69 Å². The fraction of sp³-hybridized carbons (Fsp3) is 0.789. The summed E-state index contributed by atoms with van der Waals surface area (Å²) in [5.41, 5.74) is 3.87. The second kappa shape index (κ2) is 4.60. The van der Waals surface area contributed by atoms with E-state index >= 15 is 0 Å². The van der Waals surface area contributed by atoms with Crippen LogP contribution in [0.15, 0.2) is 0 Å². The molecule has 8 heteroatoms. The van der Waals surface area contributed by atoms with Gasteiger partial charge < -0.3 is 9.47 Å². The minimum absolute atomic E-state index is 0.0358. The van der Waals surface area contributed by atoms with E-state index in [0.717, 1.165) is 51.0 Å².